The van der Waals surface area contributed by atoms with E-state index in [2.05, 4.69) is 22.7 Å². The Kier molecular flexibility index (Phi) is 4.51. The molecule has 0 saturated heterocycles. The number of rotatable bonds is 4. The molecule has 96 valence electrons. The zero-order valence-corrected chi connectivity index (χ0v) is 11.6. The van der Waals surface area contributed by atoms with Crippen molar-refractivity contribution in [1.29, 1.82) is 0 Å². The molecule has 2 N–H and O–H groups in total. The first kappa shape index (κ1) is 13.0. The van der Waals surface area contributed by atoms with Gasteiger partial charge >= 0.3 is 0 Å². The molecule has 3 nitrogen and oxygen atoms in total. The lowest BCUT2D eigenvalue weighted by atomic mass is 9.94. The highest BCUT2D eigenvalue weighted by Gasteiger charge is 2.24. The number of hydrogen-bond donors (Lipinski definition) is 1. The topological polar surface area (TPSA) is 43.8 Å². The molecule has 1 saturated carbocycles. The van der Waals surface area contributed by atoms with E-state index < -0.39 is 0 Å². The first-order valence-corrected chi connectivity index (χ1v) is 7.85. The third kappa shape index (κ3) is 2.86. The molecule has 17 heavy (non-hydrogen) atoms. The molecule has 3 atom stereocenters. The SMILES string of the molecule is CC[C@@H](N)c1cncn1C1CCCC(SC)C1. The van der Waals surface area contributed by atoms with Gasteiger partial charge in [0.05, 0.1) is 12.0 Å². The third-order valence-corrected chi connectivity index (χ3v) is 4.94. The van der Waals surface area contributed by atoms with E-state index >= 15 is 0 Å². The summed E-state index contributed by atoms with van der Waals surface area (Å²) in [6.07, 6.45) is 12.3. The van der Waals surface area contributed by atoms with Gasteiger partial charge in [-0.25, -0.2) is 4.98 Å². The summed E-state index contributed by atoms with van der Waals surface area (Å²) >= 11 is 2.00. The Hall–Kier alpha value is -0.480. The van der Waals surface area contributed by atoms with Gasteiger partial charge in [0, 0.05) is 23.5 Å². The predicted octanol–water partition coefficient (Wildman–Crippen LogP) is 3.14. The van der Waals surface area contributed by atoms with Gasteiger partial charge in [0.15, 0.2) is 0 Å². The molecule has 1 aromatic heterocycles. The van der Waals surface area contributed by atoms with Gasteiger partial charge in [-0.05, 0) is 31.9 Å². The Morgan fingerprint density at radius 2 is 2.41 bits per heavy atom. The summed E-state index contributed by atoms with van der Waals surface area (Å²) in [4.78, 5) is 4.29. The predicted molar refractivity (Wildman–Crippen MR) is 74.3 cm³/mol. The van der Waals surface area contributed by atoms with Gasteiger partial charge in [-0.15, -0.1) is 0 Å². The minimum absolute atomic E-state index is 0.132. The number of imidazole rings is 1. The molecule has 1 heterocycles. The molecule has 1 aliphatic carbocycles. The zero-order valence-electron chi connectivity index (χ0n) is 10.8. The summed E-state index contributed by atoms with van der Waals surface area (Å²) in [6, 6.07) is 0.739. The summed E-state index contributed by atoms with van der Waals surface area (Å²) in [6.45, 7) is 2.13. The van der Waals surface area contributed by atoms with E-state index in [4.69, 9.17) is 5.73 Å². The van der Waals surface area contributed by atoms with Crippen molar-refractivity contribution in [2.24, 2.45) is 5.73 Å². The van der Waals surface area contributed by atoms with Crippen LogP contribution >= 0.6 is 11.8 Å². The van der Waals surface area contributed by atoms with Crippen molar-refractivity contribution >= 4 is 11.8 Å². The lowest BCUT2D eigenvalue weighted by molar-refractivity contribution is 0.348. The zero-order chi connectivity index (χ0) is 12.3. The van der Waals surface area contributed by atoms with Crippen molar-refractivity contribution in [3.05, 3.63) is 18.2 Å². The molecule has 1 aromatic rings. The highest BCUT2D eigenvalue weighted by atomic mass is 32.2. The molecule has 1 fully saturated rings. The molecule has 0 spiro atoms. The number of aromatic nitrogens is 2. The van der Waals surface area contributed by atoms with E-state index in [1.807, 2.05) is 24.3 Å². The second-order valence-corrected chi connectivity index (χ2v) is 6.06. The fraction of sp³-hybridized carbons (Fsp3) is 0.769. The Balaban J connectivity index is 2.13. The minimum atomic E-state index is 0.132. The van der Waals surface area contributed by atoms with Crippen LogP contribution in [-0.2, 0) is 0 Å². The lowest BCUT2D eigenvalue weighted by Crippen LogP contribution is -2.24. The van der Waals surface area contributed by atoms with Crippen molar-refractivity contribution in [1.82, 2.24) is 9.55 Å². The molecule has 0 bridgehead atoms. The lowest BCUT2D eigenvalue weighted by Gasteiger charge is -2.30. The molecular formula is C13H23N3S. The van der Waals surface area contributed by atoms with Crippen LogP contribution in [0.5, 0.6) is 0 Å². The fourth-order valence-electron chi connectivity index (χ4n) is 2.70. The van der Waals surface area contributed by atoms with Crippen LogP contribution in [0.1, 0.15) is 56.8 Å². The average Bonchev–Trinajstić information content (AvgIpc) is 2.87. The molecule has 0 radical (unpaired) electrons. The molecular weight excluding hydrogens is 230 g/mol. The van der Waals surface area contributed by atoms with Gasteiger partial charge in [-0.3, -0.25) is 0 Å². The van der Waals surface area contributed by atoms with Crippen LogP contribution in [0, 0.1) is 0 Å². The third-order valence-electron chi connectivity index (χ3n) is 3.84. The second kappa shape index (κ2) is 5.91. The van der Waals surface area contributed by atoms with Crippen LogP contribution < -0.4 is 5.73 Å². The molecule has 0 aromatic carbocycles. The van der Waals surface area contributed by atoms with E-state index in [-0.39, 0.29) is 6.04 Å². The highest BCUT2D eigenvalue weighted by molar-refractivity contribution is 7.99. The van der Waals surface area contributed by atoms with E-state index in [1.165, 1.54) is 31.4 Å². The smallest absolute Gasteiger partial charge is 0.0951 e. The Bertz CT molecular complexity index is 350. The Morgan fingerprint density at radius 1 is 1.59 bits per heavy atom. The average molecular weight is 253 g/mol. The van der Waals surface area contributed by atoms with E-state index in [0.29, 0.717) is 6.04 Å². The highest BCUT2D eigenvalue weighted by Crippen LogP contribution is 2.35. The van der Waals surface area contributed by atoms with Crippen LogP contribution in [-0.4, -0.2) is 21.1 Å². The first-order chi connectivity index (χ1) is 8.26. The fourth-order valence-corrected chi connectivity index (χ4v) is 3.52. The van der Waals surface area contributed by atoms with Crippen LogP contribution in [0.3, 0.4) is 0 Å². The molecule has 0 aliphatic heterocycles. The van der Waals surface area contributed by atoms with Crippen molar-refractivity contribution < 1.29 is 0 Å². The van der Waals surface area contributed by atoms with Crippen LogP contribution in [0.2, 0.25) is 0 Å². The van der Waals surface area contributed by atoms with Crippen LogP contribution in [0.15, 0.2) is 12.5 Å². The Labute approximate surface area is 108 Å². The molecule has 4 heteroatoms. The maximum absolute atomic E-state index is 6.15. The van der Waals surface area contributed by atoms with E-state index in [9.17, 15) is 0 Å². The van der Waals surface area contributed by atoms with Crippen molar-refractivity contribution in [2.45, 2.75) is 56.4 Å². The molecule has 1 aliphatic rings. The number of hydrogen-bond acceptors (Lipinski definition) is 3. The first-order valence-electron chi connectivity index (χ1n) is 6.56. The number of nitrogens with zero attached hydrogens (tertiary/aromatic N) is 2. The van der Waals surface area contributed by atoms with Crippen molar-refractivity contribution in [3.63, 3.8) is 0 Å². The summed E-state index contributed by atoms with van der Waals surface area (Å²) in [5.41, 5.74) is 7.35. The summed E-state index contributed by atoms with van der Waals surface area (Å²) in [5.74, 6) is 0. The molecule has 0 amide bonds. The number of nitrogens with two attached hydrogens (primary N) is 1. The van der Waals surface area contributed by atoms with Gasteiger partial charge in [0.2, 0.25) is 0 Å². The van der Waals surface area contributed by atoms with Gasteiger partial charge in [0.25, 0.3) is 0 Å². The quantitative estimate of drug-likeness (QED) is 0.896. The van der Waals surface area contributed by atoms with Crippen molar-refractivity contribution in [2.75, 3.05) is 6.26 Å². The van der Waals surface area contributed by atoms with Gasteiger partial charge in [0.1, 0.15) is 0 Å². The van der Waals surface area contributed by atoms with Gasteiger partial charge in [-0.2, -0.15) is 11.8 Å². The van der Waals surface area contributed by atoms with Crippen molar-refractivity contribution in [3.8, 4) is 0 Å². The van der Waals surface area contributed by atoms with Crippen LogP contribution in [0.25, 0.3) is 0 Å². The van der Waals surface area contributed by atoms with Gasteiger partial charge < -0.3 is 10.3 Å². The summed E-state index contributed by atoms with van der Waals surface area (Å²) in [7, 11) is 0. The largest absolute Gasteiger partial charge is 0.330 e. The number of thioether (sulfide) groups is 1. The minimum Gasteiger partial charge on any atom is -0.330 e. The van der Waals surface area contributed by atoms with E-state index in [1.54, 1.807) is 0 Å². The molecule has 2 rings (SSSR count). The second-order valence-electron chi connectivity index (χ2n) is 4.92. The summed E-state index contributed by atoms with van der Waals surface area (Å²) in [5, 5.41) is 0.807. The van der Waals surface area contributed by atoms with Crippen LogP contribution in [0.4, 0.5) is 0 Å². The monoisotopic (exact) mass is 253 g/mol. The Morgan fingerprint density at radius 3 is 3.12 bits per heavy atom. The van der Waals surface area contributed by atoms with E-state index in [0.717, 1.165) is 11.7 Å². The normalized spacial score (nSPS) is 27.0. The summed E-state index contributed by atoms with van der Waals surface area (Å²) < 4.78 is 2.33. The maximum atomic E-state index is 6.15. The maximum Gasteiger partial charge on any atom is 0.0951 e. The van der Waals surface area contributed by atoms with Gasteiger partial charge in [-0.1, -0.05) is 13.3 Å². The molecule has 2 unspecified atom stereocenters. The standard InChI is InChI=1S/C13H23N3S/c1-3-12(14)13-8-15-9-16(13)10-5-4-6-11(7-10)17-2/h8-12H,3-7,14H2,1-2H3/t10?,11?,12-/m1/s1.